The molecular weight excluding hydrogens is 326 g/mol. The first-order valence-electron chi connectivity index (χ1n) is 5.39. The summed E-state index contributed by atoms with van der Waals surface area (Å²) < 4.78 is 0. The molecule has 0 amide bonds. The van der Waals surface area contributed by atoms with Gasteiger partial charge in [0.25, 0.3) is 0 Å². The highest BCUT2D eigenvalue weighted by molar-refractivity contribution is 6.42. The van der Waals surface area contributed by atoms with Crippen molar-refractivity contribution in [2.75, 3.05) is 0 Å². The smallest absolute Gasteiger partial charge is 0.0739 e. The van der Waals surface area contributed by atoms with Crippen LogP contribution in [0.4, 0.5) is 0 Å². The summed E-state index contributed by atoms with van der Waals surface area (Å²) in [6.07, 6.45) is 0. The van der Waals surface area contributed by atoms with Gasteiger partial charge in [0.05, 0.1) is 16.1 Å². The second-order valence-electron chi connectivity index (χ2n) is 3.91. The van der Waals surface area contributed by atoms with E-state index in [0.717, 1.165) is 5.56 Å². The van der Waals surface area contributed by atoms with Crippen LogP contribution in [-0.2, 0) is 0 Å². The van der Waals surface area contributed by atoms with Gasteiger partial charge >= 0.3 is 0 Å². The number of hydrogen-bond donors (Lipinski definition) is 2. The number of rotatable bonds is 3. The van der Waals surface area contributed by atoms with Crippen molar-refractivity contribution in [3.63, 3.8) is 0 Å². The Balaban J connectivity index is 2.53. The molecule has 0 spiro atoms. The van der Waals surface area contributed by atoms with E-state index in [-0.39, 0.29) is 6.04 Å². The summed E-state index contributed by atoms with van der Waals surface area (Å²) in [5.41, 5.74) is 4.22. The summed E-state index contributed by atoms with van der Waals surface area (Å²) >= 11 is 24.3. The van der Waals surface area contributed by atoms with E-state index >= 15 is 0 Å². The molecule has 0 aliphatic carbocycles. The van der Waals surface area contributed by atoms with Crippen molar-refractivity contribution >= 4 is 46.4 Å². The van der Waals surface area contributed by atoms with E-state index in [1.807, 2.05) is 6.07 Å². The van der Waals surface area contributed by atoms with Crippen molar-refractivity contribution in [2.45, 2.75) is 6.04 Å². The van der Waals surface area contributed by atoms with Crippen molar-refractivity contribution in [2.24, 2.45) is 5.84 Å². The van der Waals surface area contributed by atoms with Gasteiger partial charge in [-0.05, 0) is 29.8 Å². The second kappa shape index (κ2) is 6.31. The van der Waals surface area contributed by atoms with Gasteiger partial charge in [-0.1, -0.05) is 58.5 Å². The van der Waals surface area contributed by atoms with E-state index in [1.54, 1.807) is 30.3 Å². The molecule has 0 saturated heterocycles. The Morgan fingerprint density at radius 3 is 2.00 bits per heavy atom. The van der Waals surface area contributed by atoms with Crippen LogP contribution < -0.4 is 11.3 Å². The molecule has 2 aromatic rings. The van der Waals surface area contributed by atoms with Crippen LogP contribution in [0.15, 0.2) is 36.4 Å². The van der Waals surface area contributed by atoms with Crippen LogP contribution in [0.5, 0.6) is 0 Å². The standard InChI is InChI=1S/C13H10Cl4N2/c14-8-5-4-7(6-11(8)17)13(19-18)12-9(15)2-1-3-10(12)16/h1-6,13,19H,18H2. The van der Waals surface area contributed by atoms with Crippen LogP contribution in [0.3, 0.4) is 0 Å². The minimum Gasteiger partial charge on any atom is -0.271 e. The second-order valence-corrected chi connectivity index (χ2v) is 5.54. The maximum atomic E-state index is 6.18. The lowest BCUT2D eigenvalue weighted by Crippen LogP contribution is -2.29. The minimum atomic E-state index is -0.365. The summed E-state index contributed by atoms with van der Waals surface area (Å²) in [4.78, 5) is 0. The van der Waals surface area contributed by atoms with Gasteiger partial charge in [-0.25, -0.2) is 5.43 Å². The first kappa shape index (κ1) is 14.9. The van der Waals surface area contributed by atoms with Gasteiger partial charge in [0, 0.05) is 15.6 Å². The van der Waals surface area contributed by atoms with Gasteiger partial charge in [0.2, 0.25) is 0 Å². The predicted molar refractivity (Wildman–Crippen MR) is 82.1 cm³/mol. The van der Waals surface area contributed by atoms with E-state index < -0.39 is 0 Å². The molecule has 1 atom stereocenters. The average Bonchev–Trinajstić information content (AvgIpc) is 2.37. The molecule has 2 rings (SSSR count). The highest BCUT2D eigenvalue weighted by Gasteiger charge is 2.19. The minimum absolute atomic E-state index is 0.365. The van der Waals surface area contributed by atoms with E-state index in [1.165, 1.54) is 0 Å². The van der Waals surface area contributed by atoms with E-state index in [2.05, 4.69) is 5.43 Å². The summed E-state index contributed by atoms with van der Waals surface area (Å²) in [6.45, 7) is 0. The van der Waals surface area contributed by atoms with E-state index in [9.17, 15) is 0 Å². The molecule has 0 aliphatic rings. The number of halogens is 4. The lowest BCUT2D eigenvalue weighted by Gasteiger charge is -2.20. The largest absolute Gasteiger partial charge is 0.271 e. The summed E-state index contributed by atoms with van der Waals surface area (Å²) in [5.74, 6) is 5.62. The van der Waals surface area contributed by atoms with Crippen molar-refractivity contribution < 1.29 is 0 Å². The Labute approximate surface area is 131 Å². The Kier molecular flexibility index (Phi) is 4.96. The number of hydrogen-bond acceptors (Lipinski definition) is 2. The zero-order valence-electron chi connectivity index (χ0n) is 9.63. The summed E-state index contributed by atoms with van der Waals surface area (Å²) in [6, 6.07) is 10.2. The van der Waals surface area contributed by atoms with Crippen LogP contribution in [0, 0.1) is 0 Å². The molecule has 2 nitrogen and oxygen atoms in total. The van der Waals surface area contributed by atoms with Crippen molar-refractivity contribution in [1.29, 1.82) is 0 Å². The van der Waals surface area contributed by atoms with Crippen LogP contribution in [0.1, 0.15) is 17.2 Å². The zero-order valence-corrected chi connectivity index (χ0v) is 12.7. The van der Waals surface area contributed by atoms with Crippen LogP contribution >= 0.6 is 46.4 Å². The average molecular weight is 336 g/mol. The highest BCUT2D eigenvalue weighted by atomic mass is 35.5. The fraction of sp³-hybridized carbons (Fsp3) is 0.0769. The normalized spacial score (nSPS) is 12.5. The molecular formula is C13H10Cl4N2. The monoisotopic (exact) mass is 334 g/mol. The van der Waals surface area contributed by atoms with E-state index in [0.29, 0.717) is 25.7 Å². The number of nitrogens with one attached hydrogen (secondary N) is 1. The van der Waals surface area contributed by atoms with Crippen molar-refractivity contribution in [1.82, 2.24) is 5.43 Å². The fourth-order valence-corrected chi connectivity index (χ4v) is 2.75. The van der Waals surface area contributed by atoms with E-state index in [4.69, 9.17) is 52.2 Å². The zero-order chi connectivity index (χ0) is 14.0. The molecule has 0 bridgehead atoms. The molecule has 0 aromatic heterocycles. The molecule has 3 N–H and O–H groups in total. The SMILES string of the molecule is NNC(c1ccc(Cl)c(Cl)c1)c1c(Cl)cccc1Cl. The maximum Gasteiger partial charge on any atom is 0.0739 e. The summed E-state index contributed by atoms with van der Waals surface area (Å²) in [5, 5.41) is 1.98. The van der Waals surface area contributed by atoms with Gasteiger partial charge in [-0.3, -0.25) is 5.84 Å². The van der Waals surface area contributed by atoms with Gasteiger partial charge < -0.3 is 0 Å². The Hall–Kier alpha value is -0.480. The Bertz CT molecular complexity index is 581. The lowest BCUT2D eigenvalue weighted by atomic mass is 9.99. The topological polar surface area (TPSA) is 38.0 Å². The molecule has 0 radical (unpaired) electrons. The molecule has 0 aliphatic heterocycles. The number of hydrazine groups is 1. The van der Waals surface area contributed by atoms with Crippen LogP contribution in [0.2, 0.25) is 20.1 Å². The predicted octanol–water partition coefficient (Wildman–Crippen LogP) is 4.85. The number of nitrogens with two attached hydrogens (primary N) is 1. The molecule has 19 heavy (non-hydrogen) atoms. The first-order valence-corrected chi connectivity index (χ1v) is 6.90. The molecule has 0 heterocycles. The molecule has 1 unspecified atom stereocenters. The molecule has 100 valence electrons. The highest BCUT2D eigenvalue weighted by Crippen LogP contribution is 2.35. The Morgan fingerprint density at radius 1 is 0.842 bits per heavy atom. The Morgan fingerprint density at radius 2 is 1.47 bits per heavy atom. The molecule has 6 heteroatoms. The van der Waals surface area contributed by atoms with Gasteiger partial charge in [0.1, 0.15) is 0 Å². The van der Waals surface area contributed by atoms with Crippen molar-refractivity contribution in [3.8, 4) is 0 Å². The fourth-order valence-electron chi connectivity index (χ4n) is 1.82. The third kappa shape index (κ3) is 3.16. The number of benzene rings is 2. The third-order valence-electron chi connectivity index (χ3n) is 2.73. The van der Waals surface area contributed by atoms with Gasteiger partial charge in [-0.2, -0.15) is 0 Å². The first-order chi connectivity index (χ1) is 9.04. The van der Waals surface area contributed by atoms with Crippen LogP contribution in [0.25, 0.3) is 0 Å². The molecule has 0 saturated carbocycles. The lowest BCUT2D eigenvalue weighted by molar-refractivity contribution is 0.637. The maximum absolute atomic E-state index is 6.18. The van der Waals surface area contributed by atoms with Gasteiger partial charge in [0.15, 0.2) is 0 Å². The molecule has 2 aromatic carbocycles. The van der Waals surface area contributed by atoms with Gasteiger partial charge in [-0.15, -0.1) is 0 Å². The van der Waals surface area contributed by atoms with Crippen LogP contribution in [-0.4, -0.2) is 0 Å². The quantitative estimate of drug-likeness (QED) is 0.621. The third-order valence-corrected chi connectivity index (χ3v) is 4.13. The van der Waals surface area contributed by atoms with Crippen molar-refractivity contribution in [3.05, 3.63) is 67.6 Å². The summed E-state index contributed by atoms with van der Waals surface area (Å²) in [7, 11) is 0. The molecule has 0 fully saturated rings.